The van der Waals surface area contributed by atoms with Gasteiger partial charge in [-0.05, 0) is 72.0 Å². The van der Waals surface area contributed by atoms with E-state index in [4.69, 9.17) is 14.9 Å². The van der Waals surface area contributed by atoms with Gasteiger partial charge < -0.3 is 20.2 Å². The van der Waals surface area contributed by atoms with Crippen molar-refractivity contribution in [3.05, 3.63) is 88.7 Å². The predicted molar refractivity (Wildman–Crippen MR) is 133 cm³/mol. The average molecular weight is 475 g/mol. The molecular formula is C28H27FN2O4. The maximum Gasteiger partial charge on any atom is 0.255 e. The van der Waals surface area contributed by atoms with E-state index in [9.17, 15) is 14.0 Å². The van der Waals surface area contributed by atoms with E-state index in [2.05, 4.69) is 5.32 Å². The summed E-state index contributed by atoms with van der Waals surface area (Å²) >= 11 is 0. The highest BCUT2D eigenvalue weighted by atomic mass is 19.1. The predicted octanol–water partition coefficient (Wildman–Crippen LogP) is 5.32. The summed E-state index contributed by atoms with van der Waals surface area (Å²) in [5.41, 5.74) is 9.29. The first-order chi connectivity index (χ1) is 16.8. The summed E-state index contributed by atoms with van der Waals surface area (Å²) in [5.74, 6) is -0.0755. The second-order valence-corrected chi connectivity index (χ2v) is 8.82. The van der Waals surface area contributed by atoms with Crippen molar-refractivity contribution in [3.8, 4) is 17.1 Å². The molecule has 0 bridgehead atoms. The molecule has 0 aliphatic carbocycles. The zero-order valence-corrected chi connectivity index (χ0v) is 19.9. The number of hydrogen-bond donors (Lipinski definition) is 2. The molecule has 0 radical (unpaired) electrons. The number of carbonyl (C=O) groups is 2. The standard InChI is InChI=1S/C28H27FN2O4/c1-16(2)15-31-28(33)22-14-18(4-10-23(22)34-3)12-17-5-11-24-21(13-17)25(27(30)32)26(35-24)19-6-8-20(29)9-7-19/h4-11,13-14,16H,12,15H2,1-3H3,(H2,30,32)(H,31,33). The number of furan rings is 1. The number of ether oxygens (including phenoxy) is 1. The Hall–Kier alpha value is -4.13. The van der Waals surface area contributed by atoms with Crippen LogP contribution in [0, 0.1) is 11.7 Å². The third kappa shape index (κ3) is 5.19. The zero-order valence-electron chi connectivity index (χ0n) is 19.9. The van der Waals surface area contributed by atoms with Gasteiger partial charge in [-0.25, -0.2) is 4.39 Å². The Morgan fingerprint density at radius 3 is 2.37 bits per heavy atom. The second kappa shape index (κ2) is 10.0. The molecular weight excluding hydrogens is 447 g/mol. The fourth-order valence-corrected chi connectivity index (χ4v) is 3.97. The van der Waals surface area contributed by atoms with E-state index in [0.717, 1.165) is 11.1 Å². The number of nitrogens with one attached hydrogen (secondary N) is 1. The Bertz CT molecular complexity index is 1390. The minimum atomic E-state index is -0.631. The molecule has 0 saturated heterocycles. The van der Waals surface area contributed by atoms with Crippen molar-refractivity contribution in [1.29, 1.82) is 0 Å². The molecule has 0 atom stereocenters. The Morgan fingerprint density at radius 1 is 1.03 bits per heavy atom. The third-order valence-corrected chi connectivity index (χ3v) is 5.69. The van der Waals surface area contributed by atoms with Crippen LogP contribution in [-0.4, -0.2) is 25.5 Å². The summed E-state index contributed by atoms with van der Waals surface area (Å²) in [6, 6.07) is 16.7. The molecule has 35 heavy (non-hydrogen) atoms. The summed E-state index contributed by atoms with van der Waals surface area (Å²) in [6.07, 6.45) is 0.514. The van der Waals surface area contributed by atoms with E-state index in [1.165, 1.54) is 19.2 Å². The highest BCUT2D eigenvalue weighted by molar-refractivity contribution is 6.10. The largest absolute Gasteiger partial charge is 0.496 e. The van der Waals surface area contributed by atoms with Crippen LogP contribution in [0.2, 0.25) is 0 Å². The third-order valence-electron chi connectivity index (χ3n) is 5.69. The topological polar surface area (TPSA) is 94.6 Å². The van der Waals surface area contributed by atoms with Crippen LogP contribution in [0.15, 0.2) is 65.1 Å². The van der Waals surface area contributed by atoms with E-state index in [1.54, 1.807) is 24.3 Å². The van der Waals surface area contributed by atoms with E-state index >= 15 is 0 Å². The number of nitrogens with two attached hydrogens (primary N) is 1. The number of amides is 2. The number of methoxy groups -OCH3 is 1. The monoisotopic (exact) mass is 474 g/mol. The van der Waals surface area contributed by atoms with Crippen LogP contribution in [0.1, 0.15) is 45.7 Å². The van der Waals surface area contributed by atoms with Gasteiger partial charge in [0.2, 0.25) is 0 Å². The van der Waals surface area contributed by atoms with Gasteiger partial charge in [0, 0.05) is 17.5 Å². The van der Waals surface area contributed by atoms with E-state index in [0.29, 0.717) is 52.5 Å². The van der Waals surface area contributed by atoms with Crippen LogP contribution < -0.4 is 15.8 Å². The summed E-state index contributed by atoms with van der Waals surface area (Å²) in [7, 11) is 1.53. The Labute approximate surface area is 202 Å². The smallest absolute Gasteiger partial charge is 0.255 e. The lowest BCUT2D eigenvalue weighted by atomic mass is 9.99. The Balaban J connectivity index is 1.69. The lowest BCUT2D eigenvalue weighted by Crippen LogP contribution is -2.27. The molecule has 0 aliphatic heterocycles. The Morgan fingerprint density at radius 2 is 1.71 bits per heavy atom. The molecule has 0 aliphatic rings. The van der Waals surface area contributed by atoms with Gasteiger partial charge in [0.25, 0.3) is 11.8 Å². The first-order valence-electron chi connectivity index (χ1n) is 11.3. The molecule has 180 valence electrons. The van der Waals surface area contributed by atoms with Crippen molar-refractivity contribution in [2.75, 3.05) is 13.7 Å². The number of hydrogen-bond acceptors (Lipinski definition) is 4. The van der Waals surface area contributed by atoms with Gasteiger partial charge >= 0.3 is 0 Å². The van der Waals surface area contributed by atoms with Gasteiger partial charge in [0.05, 0.1) is 18.2 Å². The van der Waals surface area contributed by atoms with Crippen LogP contribution in [0.5, 0.6) is 5.75 Å². The molecule has 1 aromatic heterocycles. The minimum Gasteiger partial charge on any atom is -0.496 e. The maximum atomic E-state index is 13.4. The van der Waals surface area contributed by atoms with Crippen LogP contribution in [0.25, 0.3) is 22.3 Å². The number of fused-ring (bicyclic) bond motifs is 1. The fraction of sp³-hybridized carbons (Fsp3) is 0.214. The lowest BCUT2D eigenvalue weighted by Gasteiger charge is -2.12. The highest BCUT2D eigenvalue weighted by Crippen LogP contribution is 2.34. The van der Waals surface area contributed by atoms with E-state index in [1.807, 2.05) is 38.1 Å². The van der Waals surface area contributed by atoms with Gasteiger partial charge in [-0.1, -0.05) is 26.0 Å². The summed E-state index contributed by atoms with van der Waals surface area (Å²) < 4.78 is 24.7. The van der Waals surface area contributed by atoms with Crippen molar-refractivity contribution < 1.29 is 23.1 Å². The maximum absolute atomic E-state index is 13.4. The van der Waals surface area contributed by atoms with Crippen molar-refractivity contribution in [2.45, 2.75) is 20.3 Å². The highest BCUT2D eigenvalue weighted by Gasteiger charge is 2.21. The molecule has 7 heteroatoms. The van der Waals surface area contributed by atoms with Gasteiger partial charge in [-0.15, -0.1) is 0 Å². The molecule has 0 spiro atoms. The van der Waals surface area contributed by atoms with Gasteiger partial charge in [0.1, 0.15) is 22.9 Å². The number of primary amides is 1. The Kier molecular flexibility index (Phi) is 6.87. The second-order valence-electron chi connectivity index (χ2n) is 8.82. The van der Waals surface area contributed by atoms with Crippen LogP contribution in [-0.2, 0) is 6.42 Å². The summed E-state index contributed by atoms with van der Waals surface area (Å²) in [5, 5.41) is 3.51. The average Bonchev–Trinajstić information content (AvgIpc) is 3.22. The molecule has 1 heterocycles. The van der Waals surface area contributed by atoms with E-state index < -0.39 is 5.91 Å². The molecule has 0 saturated carbocycles. The molecule has 2 amide bonds. The van der Waals surface area contributed by atoms with E-state index in [-0.39, 0.29) is 17.3 Å². The molecule has 3 N–H and O–H groups in total. The molecule has 3 aromatic carbocycles. The van der Waals surface area contributed by atoms with Crippen LogP contribution in [0.3, 0.4) is 0 Å². The first kappa shape index (κ1) is 24.0. The number of halogens is 1. The van der Waals surface area contributed by atoms with Gasteiger partial charge in [-0.2, -0.15) is 0 Å². The zero-order chi connectivity index (χ0) is 25.1. The summed E-state index contributed by atoms with van der Waals surface area (Å²) in [4.78, 5) is 25.0. The van der Waals surface area contributed by atoms with Crippen LogP contribution >= 0.6 is 0 Å². The van der Waals surface area contributed by atoms with Crippen LogP contribution in [0.4, 0.5) is 4.39 Å². The number of benzene rings is 3. The fourth-order valence-electron chi connectivity index (χ4n) is 3.97. The number of rotatable bonds is 8. The van der Waals surface area contributed by atoms with Gasteiger partial charge in [-0.3, -0.25) is 9.59 Å². The molecule has 6 nitrogen and oxygen atoms in total. The molecule has 4 aromatic rings. The minimum absolute atomic E-state index is 0.192. The number of carbonyl (C=O) groups excluding carboxylic acids is 2. The van der Waals surface area contributed by atoms with Crippen molar-refractivity contribution in [2.24, 2.45) is 11.7 Å². The van der Waals surface area contributed by atoms with Crippen molar-refractivity contribution in [3.63, 3.8) is 0 Å². The summed E-state index contributed by atoms with van der Waals surface area (Å²) in [6.45, 7) is 4.62. The normalized spacial score (nSPS) is 11.1. The lowest BCUT2D eigenvalue weighted by molar-refractivity contribution is 0.0944. The van der Waals surface area contributed by atoms with Crippen molar-refractivity contribution in [1.82, 2.24) is 5.32 Å². The quantitative estimate of drug-likeness (QED) is 0.361. The van der Waals surface area contributed by atoms with Gasteiger partial charge in [0.15, 0.2) is 0 Å². The first-order valence-corrected chi connectivity index (χ1v) is 11.3. The molecule has 0 fully saturated rings. The SMILES string of the molecule is COc1ccc(Cc2ccc3oc(-c4ccc(F)cc4)c(C(N)=O)c3c2)cc1C(=O)NCC(C)C. The van der Waals surface area contributed by atoms with Crippen molar-refractivity contribution >= 4 is 22.8 Å². The molecule has 4 rings (SSSR count). The molecule has 0 unspecified atom stereocenters.